The smallest absolute Gasteiger partial charge is 0.338 e. The lowest BCUT2D eigenvalue weighted by molar-refractivity contribution is 0.0377. The van der Waals surface area contributed by atoms with Gasteiger partial charge < -0.3 is 25.7 Å². The van der Waals surface area contributed by atoms with Crippen LogP contribution in [-0.2, 0) is 18.0 Å². The monoisotopic (exact) mass is 460 g/mol. The molecule has 0 atom stereocenters. The van der Waals surface area contributed by atoms with E-state index in [1.165, 1.54) is 0 Å². The van der Waals surface area contributed by atoms with E-state index in [1.807, 2.05) is 6.07 Å². The Morgan fingerprint density at radius 1 is 0.735 bits per heavy atom. The second kappa shape index (κ2) is 11.0. The zero-order valence-corrected chi connectivity index (χ0v) is 19.1. The minimum Gasteiger partial charge on any atom is -0.489 e. The van der Waals surface area contributed by atoms with Crippen molar-refractivity contribution >= 4 is 17.6 Å². The van der Waals surface area contributed by atoms with E-state index in [2.05, 4.69) is 0 Å². The third kappa shape index (κ3) is 6.83. The second-order valence-corrected chi connectivity index (χ2v) is 7.95. The molecule has 3 aromatic carbocycles. The summed E-state index contributed by atoms with van der Waals surface area (Å²) in [5.74, 6) is 0.786. The van der Waals surface area contributed by atoms with Crippen LogP contribution in [0.25, 0.3) is 0 Å². The number of esters is 1. The number of nitrogens with two attached hydrogens (primary N) is 2. The number of nitrogen functional groups attached to an aromatic ring is 2. The van der Waals surface area contributed by atoms with Crippen LogP contribution in [0, 0.1) is 10.8 Å². The summed E-state index contributed by atoms with van der Waals surface area (Å²) in [6.07, 6.45) is -0.244. The van der Waals surface area contributed by atoms with Crippen molar-refractivity contribution in [2.45, 2.75) is 33.2 Å². The van der Waals surface area contributed by atoms with Gasteiger partial charge in [0.1, 0.15) is 36.4 Å². The van der Waals surface area contributed by atoms with Gasteiger partial charge in [0.15, 0.2) is 0 Å². The molecular formula is C26H28N4O4. The number of benzene rings is 3. The maximum absolute atomic E-state index is 12.5. The Hall–Kier alpha value is -4.33. The van der Waals surface area contributed by atoms with Gasteiger partial charge in [-0.2, -0.15) is 0 Å². The molecule has 0 aliphatic heterocycles. The van der Waals surface area contributed by atoms with Crippen molar-refractivity contribution in [2.75, 3.05) is 0 Å². The molecule has 3 aromatic rings. The first-order chi connectivity index (χ1) is 16.2. The number of ether oxygens (including phenoxy) is 3. The maximum Gasteiger partial charge on any atom is 0.338 e. The molecule has 0 fully saturated rings. The Kier molecular flexibility index (Phi) is 7.87. The molecule has 0 amide bonds. The largest absolute Gasteiger partial charge is 0.489 e. The molecule has 3 rings (SSSR count). The number of hydrogen-bond acceptors (Lipinski definition) is 6. The van der Waals surface area contributed by atoms with Gasteiger partial charge in [0.2, 0.25) is 0 Å². The van der Waals surface area contributed by atoms with Gasteiger partial charge in [-0.15, -0.1) is 0 Å². The highest BCUT2D eigenvalue weighted by Gasteiger charge is 2.13. The predicted molar refractivity (Wildman–Crippen MR) is 131 cm³/mol. The molecule has 0 unspecified atom stereocenters. The van der Waals surface area contributed by atoms with Gasteiger partial charge in [-0.3, -0.25) is 10.8 Å². The molecule has 0 heterocycles. The molecule has 0 aliphatic rings. The van der Waals surface area contributed by atoms with Crippen molar-refractivity contribution in [3.63, 3.8) is 0 Å². The average Bonchev–Trinajstić information content (AvgIpc) is 2.81. The average molecular weight is 461 g/mol. The minimum absolute atomic E-state index is 0.0107. The van der Waals surface area contributed by atoms with Crippen LogP contribution in [0.1, 0.15) is 46.5 Å². The van der Waals surface area contributed by atoms with Gasteiger partial charge in [0.05, 0.1) is 11.7 Å². The first kappa shape index (κ1) is 24.3. The van der Waals surface area contributed by atoms with Crippen LogP contribution in [0.5, 0.6) is 11.5 Å². The van der Waals surface area contributed by atoms with E-state index in [9.17, 15) is 4.79 Å². The maximum atomic E-state index is 12.5. The van der Waals surface area contributed by atoms with Crippen LogP contribution >= 0.6 is 0 Å². The molecule has 0 aliphatic carbocycles. The summed E-state index contributed by atoms with van der Waals surface area (Å²) in [7, 11) is 0. The van der Waals surface area contributed by atoms with Gasteiger partial charge in [-0.25, -0.2) is 4.79 Å². The van der Waals surface area contributed by atoms with Crippen molar-refractivity contribution in [2.24, 2.45) is 11.5 Å². The number of hydrogen-bond donors (Lipinski definition) is 4. The Morgan fingerprint density at radius 2 is 1.15 bits per heavy atom. The Bertz CT molecular complexity index is 1090. The zero-order valence-electron chi connectivity index (χ0n) is 19.1. The quantitative estimate of drug-likeness (QED) is 0.205. The highest BCUT2D eigenvalue weighted by molar-refractivity contribution is 5.95. The van der Waals surface area contributed by atoms with Crippen LogP contribution < -0.4 is 20.9 Å². The van der Waals surface area contributed by atoms with Crippen LogP contribution in [0.4, 0.5) is 0 Å². The van der Waals surface area contributed by atoms with Gasteiger partial charge in [0, 0.05) is 11.1 Å². The summed E-state index contributed by atoms with van der Waals surface area (Å²) < 4.78 is 17.1. The standard InChI is InChI=1S/C26H28N4O4/c1-16(2)34-26(31)21-12-17(14-32-22-7-3-19(4-8-22)24(27)28)11-18(13-21)15-33-23-9-5-20(6-10-23)25(29)30/h3-13,16H,14-15H2,1-2H3,(H3,27,28)(H3,29,30). The molecule has 0 spiro atoms. The summed E-state index contributed by atoms with van der Waals surface area (Å²) in [5.41, 5.74) is 14.2. The molecule has 34 heavy (non-hydrogen) atoms. The van der Waals surface area contributed by atoms with E-state index in [4.69, 9.17) is 36.5 Å². The van der Waals surface area contributed by atoms with Crippen molar-refractivity contribution in [1.82, 2.24) is 0 Å². The van der Waals surface area contributed by atoms with Crippen molar-refractivity contribution in [3.05, 3.63) is 94.5 Å². The minimum atomic E-state index is -0.422. The topological polar surface area (TPSA) is 145 Å². The Morgan fingerprint density at radius 3 is 1.50 bits per heavy atom. The Labute approximate surface area is 198 Å². The van der Waals surface area contributed by atoms with Crippen LogP contribution in [0.2, 0.25) is 0 Å². The number of nitrogens with one attached hydrogen (secondary N) is 2. The fourth-order valence-electron chi connectivity index (χ4n) is 3.12. The van der Waals surface area contributed by atoms with Crippen molar-refractivity contribution < 1.29 is 19.0 Å². The van der Waals surface area contributed by atoms with Gasteiger partial charge in [0.25, 0.3) is 0 Å². The lowest BCUT2D eigenvalue weighted by Crippen LogP contribution is -2.13. The van der Waals surface area contributed by atoms with Crippen LogP contribution in [0.3, 0.4) is 0 Å². The lowest BCUT2D eigenvalue weighted by atomic mass is 10.1. The first-order valence-corrected chi connectivity index (χ1v) is 10.7. The summed E-state index contributed by atoms with van der Waals surface area (Å²) in [5, 5.41) is 15.0. The van der Waals surface area contributed by atoms with Gasteiger partial charge in [-0.1, -0.05) is 0 Å². The first-order valence-electron chi connectivity index (χ1n) is 10.7. The van der Waals surface area contributed by atoms with Crippen LogP contribution in [-0.4, -0.2) is 23.7 Å². The SMILES string of the molecule is CC(C)OC(=O)c1cc(COc2ccc(C(=N)N)cc2)cc(COc2ccc(C(=N)N)cc2)c1. The molecule has 0 saturated heterocycles. The van der Waals surface area contributed by atoms with E-state index in [0.717, 1.165) is 11.1 Å². The van der Waals surface area contributed by atoms with E-state index in [0.29, 0.717) is 28.2 Å². The van der Waals surface area contributed by atoms with Crippen molar-refractivity contribution in [3.8, 4) is 11.5 Å². The third-order valence-electron chi connectivity index (χ3n) is 4.77. The van der Waals surface area contributed by atoms with E-state index >= 15 is 0 Å². The normalized spacial score (nSPS) is 10.6. The second-order valence-electron chi connectivity index (χ2n) is 7.95. The van der Waals surface area contributed by atoms with E-state index in [1.54, 1.807) is 74.5 Å². The zero-order chi connectivity index (χ0) is 24.7. The fraction of sp³-hybridized carbons (Fsp3) is 0.192. The molecular weight excluding hydrogens is 432 g/mol. The predicted octanol–water partition coefficient (Wildman–Crippen LogP) is 3.98. The summed E-state index contributed by atoms with van der Waals surface area (Å²) >= 11 is 0. The number of carbonyl (C=O) groups is 1. The van der Waals surface area contributed by atoms with Gasteiger partial charge in [-0.05, 0) is 91.7 Å². The molecule has 6 N–H and O–H groups in total. The molecule has 8 nitrogen and oxygen atoms in total. The molecule has 0 saturated carbocycles. The highest BCUT2D eigenvalue weighted by atomic mass is 16.5. The fourth-order valence-corrected chi connectivity index (χ4v) is 3.12. The molecule has 176 valence electrons. The van der Waals surface area contributed by atoms with Gasteiger partial charge >= 0.3 is 5.97 Å². The summed E-state index contributed by atoms with van der Waals surface area (Å²) in [4.78, 5) is 12.5. The summed E-state index contributed by atoms with van der Waals surface area (Å²) in [6, 6.07) is 19.2. The third-order valence-corrected chi connectivity index (χ3v) is 4.77. The summed E-state index contributed by atoms with van der Waals surface area (Å²) in [6.45, 7) is 4.04. The molecule has 0 aromatic heterocycles. The van der Waals surface area contributed by atoms with Crippen LogP contribution in [0.15, 0.2) is 66.7 Å². The highest BCUT2D eigenvalue weighted by Crippen LogP contribution is 2.19. The lowest BCUT2D eigenvalue weighted by Gasteiger charge is -2.13. The molecule has 0 radical (unpaired) electrons. The molecule has 0 bridgehead atoms. The number of rotatable bonds is 10. The Balaban J connectivity index is 1.76. The van der Waals surface area contributed by atoms with Crippen molar-refractivity contribution in [1.29, 1.82) is 10.8 Å². The molecule has 8 heteroatoms. The van der Waals surface area contributed by atoms with E-state index in [-0.39, 0.29) is 31.0 Å². The van der Waals surface area contributed by atoms with E-state index < -0.39 is 5.97 Å². The number of carbonyl (C=O) groups excluding carboxylic acids is 1. The number of amidine groups is 2.